The standard InChI is InChI=1S/C19H23ClN2O3S/c1-19(2,23)15-6-8-17(9-7-15)21-10-12-22(13-11-21)26(24,25)18-5-3-4-16(20)14-18/h3-9,14,23H,10-13H2,1-2H3. The first-order valence-electron chi connectivity index (χ1n) is 8.51. The van der Waals surface area contributed by atoms with Crippen LogP contribution in [0, 0.1) is 0 Å². The molecule has 2 aromatic carbocycles. The quantitative estimate of drug-likeness (QED) is 0.865. The van der Waals surface area contributed by atoms with E-state index in [1.54, 1.807) is 32.0 Å². The minimum absolute atomic E-state index is 0.230. The third-order valence-corrected chi connectivity index (χ3v) is 6.74. The van der Waals surface area contributed by atoms with Gasteiger partial charge in [-0.15, -0.1) is 0 Å². The van der Waals surface area contributed by atoms with Crippen LogP contribution in [0.1, 0.15) is 19.4 Å². The highest BCUT2D eigenvalue weighted by atomic mass is 35.5. The van der Waals surface area contributed by atoms with Gasteiger partial charge in [0, 0.05) is 36.9 Å². The van der Waals surface area contributed by atoms with E-state index in [2.05, 4.69) is 4.90 Å². The van der Waals surface area contributed by atoms with Gasteiger partial charge in [-0.25, -0.2) is 8.42 Å². The molecule has 7 heteroatoms. The van der Waals surface area contributed by atoms with E-state index >= 15 is 0 Å². The van der Waals surface area contributed by atoms with Gasteiger partial charge < -0.3 is 10.0 Å². The molecule has 1 aliphatic rings. The SMILES string of the molecule is CC(C)(O)c1ccc(N2CCN(S(=O)(=O)c3cccc(Cl)c3)CC2)cc1. The molecular formula is C19H23ClN2O3S. The summed E-state index contributed by atoms with van der Waals surface area (Å²) in [5, 5.41) is 10.5. The maximum absolute atomic E-state index is 12.8. The molecule has 0 aromatic heterocycles. The Hall–Kier alpha value is -1.60. The van der Waals surface area contributed by atoms with Crippen LogP contribution in [0.3, 0.4) is 0 Å². The fraction of sp³-hybridized carbons (Fsp3) is 0.368. The van der Waals surface area contributed by atoms with Gasteiger partial charge in [0.1, 0.15) is 0 Å². The number of anilines is 1. The Bertz CT molecular complexity index is 868. The number of benzene rings is 2. The normalized spacial score (nSPS) is 16.7. The topological polar surface area (TPSA) is 60.9 Å². The van der Waals surface area contributed by atoms with Gasteiger partial charge in [0.05, 0.1) is 10.5 Å². The molecule has 1 aliphatic heterocycles. The molecule has 0 radical (unpaired) electrons. The number of sulfonamides is 1. The molecule has 0 saturated carbocycles. The molecule has 0 aliphatic carbocycles. The van der Waals surface area contributed by atoms with Crippen LogP contribution in [-0.4, -0.2) is 44.0 Å². The molecule has 0 unspecified atom stereocenters. The monoisotopic (exact) mass is 394 g/mol. The third kappa shape index (κ3) is 4.04. The van der Waals surface area contributed by atoms with Crippen molar-refractivity contribution in [1.29, 1.82) is 0 Å². The molecule has 0 spiro atoms. The number of hydrogen-bond donors (Lipinski definition) is 1. The van der Waals surface area contributed by atoms with E-state index in [9.17, 15) is 13.5 Å². The fourth-order valence-electron chi connectivity index (χ4n) is 3.04. The Labute approximate surface area is 159 Å². The van der Waals surface area contributed by atoms with Crippen molar-refractivity contribution in [3.05, 3.63) is 59.1 Å². The third-order valence-electron chi connectivity index (χ3n) is 4.61. The summed E-state index contributed by atoms with van der Waals surface area (Å²) in [5.41, 5.74) is 1.00. The van der Waals surface area contributed by atoms with Gasteiger partial charge in [0.15, 0.2) is 0 Å². The van der Waals surface area contributed by atoms with Gasteiger partial charge in [-0.05, 0) is 49.7 Å². The Morgan fingerprint density at radius 3 is 2.15 bits per heavy atom. The lowest BCUT2D eigenvalue weighted by molar-refractivity contribution is 0.0786. The van der Waals surface area contributed by atoms with Gasteiger partial charge in [-0.3, -0.25) is 0 Å². The molecule has 1 fully saturated rings. The van der Waals surface area contributed by atoms with E-state index in [-0.39, 0.29) is 4.90 Å². The average Bonchev–Trinajstić information content (AvgIpc) is 2.61. The molecule has 1 heterocycles. The van der Waals surface area contributed by atoms with E-state index in [1.807, 2.05) is 24.3 Å². The van der Waals surface area contributed by atoms with Crippen LogP contribution in [-0.2, 0) is 15.6 Å². The molecule has 0 bridgehead atoms. The predicted molar refractivity (Wildman–Crippen MR) is 104 cm³/mol. The van der Waals surface area contributed by atoms with Crippen molar-refractivity contribution in [3.63, 3.8) is 0 Å². The second kappa shape index (κ2) is 7.19. The fourth-order valence-corrected chi connectivity index (χ4v) is 4.77. The molecular weight excluding hydrogens is 372 g/mol. The predicted octanol–water partition coefficient (Wildman–Crippen LogP) is 3.08. The second-order valence-electron chi connectivity index (χ2n) is 6.95. The Kier molecular flexibility index (Phi) is 5.30. The second-order valence-corrected chi connectivity index (χ2v) is 9.33. The van der Waals surface area contributed by atoms with E-state index in [0.717, 1.165) is 11.3 Å². The summed E-state index contributed by atoms with van der Waals surface area (Å²) in [6.07, 6.45) is 0. The molecule has 5 nitrogen and oxygen atoms in total. The molecule has 2 aromatic rings. The lowest BCUT2D eigenvalue weighted by Gasteiger charge is -2.35. The molecule has 1 N–H and O–H groups in total. The van der Waals surface area contributed by atoms with E-state index in [0.29, 0.717) is 31.2 Å². The number of rotatable bonds is 4. The highest BCUT2D eigenvalue weighted by Crippen LogP contribution is 2.25. The van der Waals surface area contributed by atoms with Gasteiger partial charge in [-0.1, -0.05) is 29.8 Å². The minimum atomic E-state index is -3.53. The zero-order valence-corrected chi connectivity index (χ0v) is 16.5. The first kappa shape index (κ1) is 19.2. The van der Waals surface area contributed by atoms with Crippen LogP contribution >= 0.6 is 11.6 Å². The van der Waals surface area contributed by atoms with Crippen molar-refractivity contribution in [2.75, 3.05) is 31.1 Å². The average molecular weight is 395 g/mol. The molecule has 0 atom stereocenters. The molecule has 140 valence electrons. The van der Waals surface area contributed by atoms with Gasteiger partial charge in [-0.2, -0.15) is 4.31 Å². The Morgan fingerprint density at radius 2 is 1.62 bits per heavy atom. The largest absolute Gasteiger partial charge is 0.386 e. The lowest BCUT2D eigenvalue weighted by Crippen LogP contribution is -2.48. The minimum Gasteiger partial charge on any atom is -0.386 e. The number of nitrogens with zero attached hydrogens (tertiary/aromatic N) is 2. The molecule has 0 amide bonds. The van der Waals surface area contributed by atoms with Crippen LogP contribution < -0.4 is 4.90 Å². The van der Waals surface area contributed by atoms with Gasteiger partial charge in [0.25, 0.3) is 0 Å². The highest BCUT2D eigenvalue weighted by molar-refractivity contribution is 7.89. The summed E-state index contributed by atoms with van der Waals surface area (Å²) in [4.78, 5) is 2.38. The lowest BCUT2D eigenvalue weighted by atomic mass is 9.98. The smallest absolute Gasteiger partial charge is 0.243 e. The number of halogens is 1. The molecule has 26 heavy (non-hydrogen) atoms. The van der Waals surface area contributed by atoms with Crippen molar-refractivity contribution >= 4 is 27.3 Å². The first-order chi connectivity index (χ1) is 12.2. The maximum Gasteiger partial charge on any atom is 0.243 e. The zero-order valence-electron chi connectivity index (χ0n) is 14.9. The van der Waals surface area contributed by atoms with Crippen LogP contribution in [0.15, 0.2) is 53.4 Å². The number of hydrogen-bond acceptors (Lipinski definition) is 4. The summed E-state index contributed by atoms with van der Waals surface area (Å²) in [5.74, 6) is 0. The van der Waals surface area contributed by atoms with Gasteiger partial charge in [0.2, 0.25) is 10.0 Å². The van der Waals surface area contributed by atoms with Crippen molar-refractivity contribution in [1.82, 2.24) is 4.31 Å². The van der Waals surface area contributed by atoms with Crippen molar-refractivity contribution in [3.8, 4) is 0 Å². The van der Waals surface area contributed by atoms with Crippen molar-refractivity contribution in [2.45, 2.75) is 24.3 Å². The summed E-state index contributed by atoms with van der Waals surface area (Å²) >= 11 is 5.93. The van der Waals surface area contributed by atoms with Crippen LogP contribution in [0.4, 0.5) is 5.69 Å². The highest BCUT2D eigenvalue weighted by Gasteiger charge is 2.28. The Morgan fingerprint density at radius 1 is 1.00 bits per heavy atom. The Balaban J connectivity index is 1.69. The molecule has 1 saturated heterocycles. The van der Waals surface area contributed by atoms with Crippen molar-refractivity contribution in [2.24, 2.45) is 0 Å². The summed E-state index contributed by atoms with van der Waals surface area (Å²) < 4.78 is 27.0. The van der Waals surface area contributed by atoms with Gasteiger partial charge >= 0.3 is 0 Å². The summed E-state index contributed by atoms with van der Waals surface area (Å²) in [6.45, 7) is 5.57. The van der Waals surface area contributed by atoms with Crippen LogP contribution in [0.2, 0.25) is 5.02 Å². The zero-order chi connectivity index (χ0) is 18.9. The maximum atomic E-state index is 12.8. The number of aliphatic hydroxyl groups is 1. The van der Waals surface area contributed by atoms with E-state index in [4.69, 9.17) is 11.6 Å². The molecule has 3 rings (SSSR count). The van der Waals surface area contributed by atoms with Crippen LogP contribution in [0.5, 0.6) is 0 Å². The van der Waals surface area contributed by atoms with E-state index in [1.165, 1.54) is 10.4 Å². The number of piperazine rings is 1. The first-order valence-corrected chi connectivity index (χ1v) is 10.3. The summed E-state index contributed by atoms with van der Waals surface area (Å²) in [7, 11) is -3.53. The van der Waals surface area contributed by atoms with Crippen molar-refractivity contribution < 1.29 is 13.5 Å². The van der Waals surface area contributed by atoms with E-state index < -0.39 is 15.6 Å². The summed E-state index contributed by atoms with van der Waals surface area (Å²) in [6, 6.07) is 14.1. The van der Waals surface area contributed by atoms with Crippen LogP contribution in [0.25, 0.3) is 0 Å².